The summed E-state index contributed by atoms with van der Waals surface area (Å²) in [6, 6.07) is 0. The number of esters is 2. The van der Waals surface area contributed by atoms with Crippen molar-refractivity contribution in [3.05, 3.63) is 36.5 Å². The highest BCUT2D eigenvalue weighted by atomic mass is 31.2. The summed E-state index contributed by atoms with van der Waals surface area (Å²) in [5.74, 6) is -1.17. The van der Waals surface area contributed by atoms with Crippen LogP contribution in [-0.4, -0.2) is 98.3 Å². The molecule has 1 aliphatic carbocycles. The summed E-state index contributed by atoms with van der Waals surface area (Å²) in [7, 11) is -5.14. The largest absolute Gasteiger partial charge is 0.472 e. The average molecular weight is 1090 g/mol. The molecule has 0 radical (unpaired) electrons. The van der Waals surface area contributed by atoms with Gasteiger partial charge in [0.25, 0.3) is 0 Å². The number of phosphoric acid groups is 1. The normalized spacial score (nSPS) is 20.4. The van der Waals surface area contributed by atoms with Gasteiger partial charge in [-0.25, -0.2) is 4.57 Å². The van der Waals surface area contributed by atoms with Crippen LogP contribution < -0.4 is 0 Å². The summed E-state index contributed by atoms with van der Waals surface area (Å²) in [6.45, 7) is 3.32. The van der Waals surface area contributed by atoms with Gasteiger partial charge < -0.3 is 39.9 Å². The Kier molecular flexibility index (Phi) is 47.7. The van der Waals surface area contributed by atoms with E-state index in [9.17, 15) is 44.6 Å². The molecule has 0 saturated heterocycles. The van der Waals surface area contributed by atoms with Gasteiger partial charge in [-0.2, -0.15) is 0 Å². The lowest BCUT2D eigenvalue weighted by molar-refractivity contribution is -0.220. The molecule has 0 spiro atoms. The summed E-state index contributed by atoms with van der Waals surface area (Å²) in [6.07, 6.45) is 49.4. The fourth-order valence-corrected chi connectivity index (χ4v) is 10.5. The van der Waals surface area contributed by atoms with Crippen LogP contribution in [0.1, 0.15) is 284 Å². The predicted octanol–water partition coefficient (Wildman–Crippen LogP) is 14.9. The number of hydrogen-bond donors (Lipinski definition) is 6. The fraction of sp³-hybridized carbons (Fsp3) is 0.869. The van der Waals surface area contributed by atoms with Gasteiger partial charge in [0, 0.05) is 12.8 Å². The summed E-state index contributed by atoms with van der Waals surface area (Å²) in [5.41, 5.74) is 0. The molecular formula is C61H113O13P. The first kappa shape index (κ1) is 71.1. The Morgan fingerprint density at radius 1 is 0.400 bits per heavy atom. The van der Waals surface area contributed by atoms with Crippen LogP contribution in [0.25, 0.3) is 0 Å². The smallest absolute Gasteiger partial charge is 0.462 e. The molecule has 1 rings (SSSR count). The number of hydrogen-bond acceptors (Lipinski definition) is 12. The first-order valence-electron chi connectivity index (χ1n) is 30.8. The third-order valence-electron chi connectivity index (χ3n) is 14.4. The summed E-state index contributed by atoms with van der Waals surface area (Å²) >= 11 is 0. The van der Waals surface area contributed by atoms with Gasteiger partial charge in [0.15, 0.2) is 6.10 Å². The number of ether oxygens (including phenoxy) is 2. The van der Waals surface area contributed by atoms with Crippen molar-refractivity contribution in [2.45, 2.75) is 326 Å². The van der Waals surface area contributed by atoms with Crippen LogP contribution in [0.5, 0.6) is 0 Å². The van der Waals surface area contributed by atoms with Gasteiger partial charge >= 0.3 is 19.8 Å². The summed E-state index contributed by atoms with van der Waals surface area (Å²) in [4.78, 5) is 36.0. The molecular weight excluding hydrogens is 972 g/mol. The Hall–Kier alpha value is -1.93. The molecule has 1 saturated carbocycles. The third-order valence-corrected chi connectivity index (χ3v) is 15.4. The van der Waals surface area contributed by atoms with Crippen LogP contribution in [0.4, 0.5) is 0 Å². The van der Waals surface area contributed by atoms with E-state index in [0.717, 1.165) is 32.1 Å². The highest BCUT2D eigenvalue weighted by Gasteiger charge is 2.51. The molecule has 8 atom stereocenters. The number of unbranched alkanes of at least 4 members (excludes halogenated alkanes) is 35. The molecule has 6 N–H and O–H groups in total. The first-order valence-corrected chi connectivity index (χ1v) is 32.3. The molecule has 6 unspecified atom stereocenters. The highest BCUT2D eigenvalue weighted by Crippen LogP contribution is 2.47. The van der Waals surface area contributed by atoms with Crippen molar-refractivity contribution < 1.29 is 63.1 Å². The Morgan fingerprint density at radius 3 is 1.05 bits per heavy atom. The SMILES string of the molecule is CCCCCCCCCCCCCCCC/C=C/CC/C=C/CCCC(=O)O[C@@H](COC(=O)CCC/C=C/CCCCCCCCCCCCCCCCCCCC)COP(=O)(O)OC1C(O)C(O)C(O)[C@H](O)C1O. The lowest BCUT2D eigenvalue weighted by Crippen LogP contribution is -2.64. The molecule has 440 valence electrons. The van der Waals surface area contributed by atoms with E-state index in [1.807, 2.05) is 6.08 Å². The van der Waals surface area contributed by atoms with Crippen molar-refractivity contribution >= 4 is 19.8 Å². The van der Waals surface area contributed by atoms with E-state index in [1.165, 1.54) is 199 Å². The minimum atomic E-state index is -5.14. The van der Waals surface area contributed by atoms with Crippen molar-refractivity contribution in [2.75, 3.05) is 13.2 Å². The van der Waals surface area contributed by atoms with Gasteiger partial charge in [-0.3, -0.25) is 18.6 Å². The van der Waals surface area contributed by atoms with Gasteiger partial charge in [0.2, 0.25) is 0 Å². The Morgan fingerprint density at radius 2 is 0.693 bits per heavy atom. The van der Waals surface area contributed by atoms with E-state index in [1.54, 1.807) is 0 Å². The van der Waals surface area contributed by atoms with Crippen molar-refractivity contribution in [2.24, 2.45) is 0 Å². The number of phosphoric ester groups is 1. The van der Waals surface area contributed by atoms with Gasteiger partial charge in [-0.15, -0.1) is 0 Å². The number of allylic oxidation sites excluding steroid dienone is 6. The van der Waals surface area contributed by atoms with E-state index < -0.39 is 75.7 Å². The van der Waals surface area contributed by atoms with Crippen molar-refractivity contribution in [3.63, 3.8) is 0 Å². The van der Waals surface area contributed by atoms with E-state index in [0.29, 0.717) is 25.7 Å². The molecule has 1 fully saturated rings. The molecule has 14 heteroatoms. The first-order chi connectivity index (χ1) is 36.4. The van der Waals surface area contributed by atoms with Gasteiger partial charge in [-0.05, 0) is 64.2 Å². The molecule has 0 aromatic heterocycles. The Labute approximate surface area is 457 Å². The standard InChI is InChI=1S/C61H113O13P/c1-3-5-7-9-11-13-15-17-19-21-23-25-27-29-31-33-35-37-39-41-43-45-47-49-54(62)71-51-53(52-72-75(69,70)74-61-59(67)57(65)56(64)58(66)60(61)68)73-55(63)50-48-46-44-42-40-38-36-34-32-30-28-26-24-22-20-18-16-14-12-10-8-6-4-2/h34,36,41-44,53,56-61,64-68H,3-33,35,37-40,45-52H2,1-2H3,(H,69,70)/b36-34+,43-41+,44-42+/t53-,56?,57-,58?,59?,60?,61?/m0/s1. The zero-order chi connectivity index (χ0) is 54.9. The topological polar surface area (TPSA) is 210 Å². The van der Waals surface area contributed by atoms with Crippen LogP contribution in [0.15, 0.2) is 36.5 Å². The quantitative estimate of drug-likeness (QED) is 0.0145. The van der Waals surface area contributed by atoms with Crippen molar-refractivity contribution in [1.82, 2.24) is 0 Å². The van der Waals surface area contributed by atoms with Crippen molar-refractivity contribution in [1.29, 1.82) is 0 Å². The fourth-order valence-electron chi connectivity index (χ4n) is 9.55. The number of aliphatic hydroxyl groups is 5. The summed E-state index contributed by atoms with van der Waals surface area (Å²) in [5, 5.41) is 50.4. The maximum atomic E-state index is 12.9. The van der Waals surface area contributed by atoms with Crippen molar-refractivity contribution in [3.8, 4) is 0 Å². The molecule has 0 bridgehead atoms. The monoisotopic (exact) mass is 1080 g/mol. The average Bonchev–Trinajstić information content (AvgIpc) is 3.39. The van der Waals surface area contributed by atoms with Crippen LogP contribution in [0.2, 0.25) is 0 Å². The molecule has 0 amide bonds. The zero-order valence-corrected chi connectivity index (χ0v) is 48.5. The Bertz CT molecular complexity index is 1440. The van der Waals surface area contributed by atoms with E-state index in [2.05, 4.69) is 44.2 Å². The lowest BCUT2D eigenvalue weighted by Gasteiger charge is -2.41. The van der Waals surface area contributed by atoms with Crippen LogP contribution in [-0.2, 0) is 32.7 Å². The van der Waals surface area contributed by atoms with Gasteiger partial charge in [0.1, 0.15) is 43.2 Å². The molecule has 13 nitrogen and oxygen atoms in total. The summed E-state index contributed by atoms with van der Waals surface area (Å²) < 4.78 is 33.7. The number of carbonyl (C=O) groups is 2. The number of rotatable bonds is 53. The highest BCUT2D eigenvalue weighted by molar-refractivity contribution is 7.47. The molecule has 0 heterocycles. The van der Waals surface area contributed by atoms with Gasteiger partial charge in [0.05, 0.1) is 6.61 Å². The molecule has 0 aromatic carbocycles. The van der Waals surface area contributed by atoms with Crippen LogP contribution in [0, 0.1) is 0 Å². The van der Waals surface area contributed by atoms with E-state index in [-0.39, 0.29) is 12.8 Å². The molecule has 75 heavy (non-hydrogen) atoms. The molecule has 0 aliphatic heterocycles. The second-order valence-corrected chi connectivity index (χ2v) is 22.9. The minimum absolute atomic E-state index is 0.0333. The molecule has 0 aromatic rings. The maximum absolute atomic E-state index is 12.9. The number of carbonyl (C=O) groups excluding carboxylic acids is 2. The Balaban J connectivity index is 2.34. The second kappa shape index (κ2) is 50.3. The predicted molar refractivity (Wildman–Crippen MR) is 304 cm³/mol. The number of aliphatic hydroxyl groups excluding tert-OH is 5. The third kappa shape index (κ3) is 41.7. The lowest BCUT2D eigenvalue weighted by atomic mass is 9.85. The molecule has 1 aliphatic rings. The van der Waals surface area contributed by atoms with Crippen LogP contribution >= 0.6 is 7.82 Å². The van der Waals surface area contributed by atoms with Crippen LogP contribution in [0.3, 0.4) is 0 Å². The second-order valence-electron chi connectivity index (χ2n) is 21.5. The van der Waals surface area contributed by atoms with Gasteiger partial charge in [-0.1, -0.05) is 243 Å². The maximum Gasteiger partial charge on any atom is 0.472 e. The van der Waals surface area contributed by atoms with E-state index >= 15 is 0 Å². The van der Waals surface area contributed by atoms with E-state index in [4.69, 9.17) is 18.5 Å². The minimum Gasteiger partial charge on any atom is -0.462 e. The zero-order valence-electron chi connectivity index (χ0n) is 47.6.